The van der Waals surface area contributed by atoms with Crippen molar-refractivity contribution in [3.05, 3.63) is 58.7 Å². The third-order valence-electron chi connectivity index (χ3n) is 6.81. The van der Waals surface area contributed by atoms with E-state index < -0.39 is 0 Å². The Bertz CT molecular complexity index is 1050. The summed E-state index contributed by atoms with van der Waals surface area (Å²) in [6.07, 6.45) is 9.99. The number of carbonyl (C=O) groups is 2. The van der Waals surface area contributed by atoms with Gasteiger partial charge >= 0.3 is 0 Å². The zero-order valence-electron chi connectivity index (χ0n) is 18.7. The summed E-state index contributed by atoms with van der Waals surface area (Å²) >= 11 is 0. The van der Waals surface area contributed by atoms with E-state index in [2.05, 4.69) is 25.8 Å². The van der Waals surface area contributed by atoms with Crippen LogP contribution in [0.15, 0.2) is 36.2 Å². The second-order valence-corrected chi connectivity index (χ2v) is 9.25. The molecule has 0 N–H and O–H groups in total. The van der Waals surface area contributed by atoms with Crippen LogP contribution in [-0.4, -0.2) is 52.6 Å². The average molecular weight is 431 g/mol. The molecule has 0 atom stereocenters. The SMILES string of the molecule is CCC1=Cc2ncc(CN3CCN(c4ccc(C(=O)CC5CC5)nc4)CC3)cc2CC1=O. The van der Waals surface area contributed by atoms with E-state index in [-0.39, 0.29) is 11.6 Å². The quantitative estimate of drug-likeness (QED) is 0.624. The molecule has 2 aliphatic carbocycles. The Morgan fingerprint density at radius 3 is 2.59 bits per heavy atom. The Kier molecular flexibility index (Phi) is 5.87. The average Bonchev–Trinajstić information content (AvgIpc) is 3.63. The molecular formula is C26H30N4O2. The molecule has 0 amide bonds. The molecule has 0 spiro atoms. The summed E-state index contributed by atoms with van der Waals surface area (Å²) in [5.74, 6) is 0.986. The smallest absolute Gasteiger partial charge is 0.181 e. The molecule has 6 heteroatoms. The maximum absolute atomic E-state index is 12.2. The lowest BCUT2D eigenvalue weighted by atomic mass is 9.92. The van der Waals surface area contributed by atoms with E-state index >= 15 is 0 Å². The number of fused-ring (bicyclic) bond motifs is 1. The predicted octanol–water partition coefficient (Wildman–Crippen LogP) is 3.70. The van der Waals surface area contributed by atoms with E-state index in [4.69, 9.17) is 0 Å². The van der Waals surface area contributed by atoms with Crippen molar-refractivity contribution in [3.63, 3.8) is 0 Å². The topological polar surface area (TPSA) is 66.4 Å². The van der Waals surface area contributed by atoms with Crippen molar-refractivity contribution in [3.8, 4) is 0 Å². The molecule has 3 heterocycles. The minimum Gasteiger partial charge on any atom is -0.368 e. The normalized spacial score (nSPS) is 19.0. The minimum absolute atomic E-state index is 0.172. The second-order valence-electron chi connectivity index (χ2n) is 9.25. The summed E-state index contributed by atoms with van der Waals surface area (Å²) < 4.78 is 0. The van der Waals surface area contributed by atoms with Crippen molar-refractivity contribution in [2.75, 3.05) is 31.1 Å². The zero-order valence-corrected chi connectivity index (χ0v) is 18.7. The number of hydrogen-bond donors (Lipinski definition) is 0. The number of pyridine rings is 2. The molecule has 0 radical (unpaired) electrons. The van der Waals surface area contributed by atoms with Crippen molar-refractivity contribution < 1.29 is 9.59 Å². The van der Waals surface area contributed by atoms with Crippen molar-refractivity contribution in [1.82, 2.24) is 14.9 Å². The summed E-state index contributed by atoms with van der Waals surface area (Å²) in [5, 5.41) is 0. The molecule has 2 aromatic heterocycles. The molecule has 6 nitrogen and oxygen atoms in total. The number of hydrogen-bond acceptors (Lipinski definition) is 6. The summed E-state index contributed by atoms with van der Waals surface area (Å²) in [4.78, 5) is 38.3. The lowest BCUT2D eigenvalue weighted by molar-refractivity contribution is -0.115. The van der Waals surface area contributed by atoms with Gasteiger partial charge in [-0.05, 0) is 60.1 Å². The molecule has 32 heavy (non-hydrogen) atoms. The maximum Gasteiger partial charge on any atom is 0.181 e. The van der Waals surface area contributed by atoms with Gasteiger partial charge < -0.3 is 4.90 Å². The molecule has 1 saturated heterocycles. The predicted molar refractivity (Wildman–Crippen MR) is 125 cm³/mol. The molecule has 2 aromatic rings. The Hall–Kier alpha value is -2.86. The first kappa shape index (κ1) is 21.0. The molecule has 3 aliphatic rings. The van der Waals surface area contributed by atoms with Gasteiger partial charge in [-0.3, -0.25) is 24.5 Å². The van der Waals surface area contributed by atoms with Crippen LogP contribution < -0.4 is 4.90 Å². The molecular weight excluding hydrogens is 400 g/mol. The highest BCUT2D eigenvalue weighted by molar-refractivity contribution is 6.03. The third-order valence-corrected chi connectivity index (χ3v) is 6.81. The van der Waals surface area contributed by atoms with Crippen LogP contribution in [0.2, 0.25) is 0 Å². The minimum atomic E-state index is 0.172. The van der Waals surface area contributed by atoms with Crippen LogP contribution in [0.25, 0.3) is 6.08 Å². The Labute approximate surface area is 189 Å². The van der Waals surface area contributed by atoms with Gasteiger partial charge in [-0.2, -0.15) is 0 Å². The highest BCUT2D eigenvalue weighted by Gasteiger charge is 2.26. The number of ketones is 2. The van der Waals surface area contributed by atoms with E-state index in [0.717, 1.165) is 61.7 Å². The molecule has 2 fully saturated rings. The largest absolute Gasteiger partial charge is 0.368 e. The Balaban J connectivity index is 1.16. The fraction of sp³-hybridized carbons (Fsp3) is 0.462. The number of carbonyl (C=O) groups excluding carboxylic acids is 2. The first-order valence-corrected chi connectivity index (χ1v) is 11.8. The molecule has 0 unspecified atom stereocenters. The number of anilines is 1. The Morgan fingerprint density at radius 2 is 1.91 bits per heavy atom. The first-order chi connectivity index (χ1) is 15.6. The van der Waals surface area contributed by atoms with Crippen LogP contribution in [0.3, 0.4) is 0 Å². The van der Waals surface area contributed by atoms with E-state index in [0.29, 0.717) is 24.5 Å². The van der Waals surface area contributed by atoms with Crippen LogP contribution in [0.5, 0.6) is 0 Å². The lowest BCUT2D eigenvalue weighted by Gasteiger charge is -2.36. The zero-order chi connectivity index (χ0) is 22.1. The van der Waals surface area contributed by atoms with E-state index in [1.165, 1.54) is 18.4 Å². The van der Waals surface area contributed by atoms with Gasteiger partial charge in [0.1, 0.15) is 5.69 Å². The van der Waals surface area contributed by atoms with Gasteiger partial charge in [0, 0.05) is 51.8 Å². The number of nitrogens with zero attached hydrogens (tertiary/aromatic N) is 4. The molecule has 0 aromatic carbocycles. The monoisotopic (exact) mass is 430 g/mol. The first-order valence-electron chi connectivity index (χ1n) is 11.8. The second kappa shape index (κ2) is 8.94. The van der Waals surface area contributed by atoms with Gasteiger partial charge in [0.15, 0.2) is 11.6 Å². The van der Waals surface area contributed by atoms with E-state index in [9.17, 15) is 9.59 Å². The van der Waals surface area contributed by atoms with Gasteiger partial charge in [-0.1, -0.05) is 13.0 Å². The van der Waals surface area contributed by atoms with Crippen molar-refractivity contribution in [1.29, 1.82) is 0 Å². The van der Waals surface area contributed by atoms with Gasteiger partial charge in [0.05, 0.1) is 17.6 Å². The summed E-state index contributed by atoms with van der Waals surface area (Å²) in [6, 6.07) is 6.06. The summed E-state index contributed by atoms with van der Waals surface area (Å²) in [6.45, 7) is 6.63. The molecule has 5 rings (SSSR count). The van der Waals surface area contributed by atoms with E-state index in [1.807, 2.05) is 37.5 Å². The number of Topliss-reactive ketones (excluding diaryl/α,β-unsaturated/α-hetero) is 2. The lowest BCUT2D eigenvalue weighted by Crippen LogP contribution is -2.46. The standard InChI is InChI=1S/C26H30N4O2/c1-2-20-13-24-21(14-25(20)31)11-19(15-27-24)17-29-7-9-30(10-8-29)22-5-6-23(28-16-22)26(32)12-18-3-4-18/h5-6,11,13,15-16,18H,2-4,7-10,12,14,17H2,1H3. The van der Waals surface area contributed by atoms with Gasteiger partial charge in [-0.15, -0.1) is 0 Å². The Morgan fingerprint density at radius 1 is 1.09 bits per heavy atom. The molecule has 166 valence electrons. The van der Waals surface area contributed by atoms with Crippen LogP contribution in [0.1, 0.15) is 59.9 Å². The molecule has 1 aliphatic heterocycles. The fourth-order valence-electron chi connectivity index (χ4n) is 4.61. The van der Waals surface area contributed by atoms with Crippen LogP contribution >= 0.6 is 0 Å². The van der Waals surface area contributed by atoms with Crippen molar-refractivity contribution >= 4 is 23.3 Å². The highest BCUT2D eigenvalue weighted by atomic mass is 16.1. The van der Waals surface area contributed by atoms with Crippen LogP contribution in [-0.2, 0) is 17.8 Å². The van der Waals surface area contributed by atoms with E-state index in [1.54, 1.807) is 0 Å². The van der Waals surface area contributed by atoms with Gasteiger partial charge in [0.2, 0.25) is 0 Å². The number of aromatic nitrogens is 2. The van der Waals surface area contributed by atoms with Gasteiger partial charge in [0.25, 0.3) is 0 Å². The maximum atomic E-state index is 12.2. The van der Waals surface area contributed by atoms with Crippen LogP contribution in [0, 0.1) is 5.92 Å². The fourth-order valence-corrected chi connectivity index (χ4v) is 4.61. The molecule has 1 saturated carbocycles. The highest BCUT2D eigenvalue weighted by Crippen LogP contribution is 2.33. The number of piperazine rings is 1. The number of allylic oxidation sites excluding steroid dienone is 1. The summed E-state index contributed by atoms with van der Waals surface area (Å²) in [5.41, 5.74) is 5.72. The molecule has 0 bridgehead atoms. The summed E-state index contributed by atoms with van der Waals surface area (Å²) in [7, 11) is 0. The van der Waals surface area contributed by atoms with Crippen LogP contribution in [0.4, 0.5) is 5.69 Å². The third kappa shape index (κ3) is 4.65. The van der Waals surface area contributed by atoms with Gasteiger partial charge in [-0.25, -0.2) is 0 Å². The van der Waals surface area contributed by atoms with Crippen molar-refractivity contribution in [2.24, 2.45) is 5.92 Å². The number of rotatable bonds is 7. The van der Waals surface area contributed by atoms with Crippen molar-refractivity contribution in [2.45, 2.75) is 45.6 Å².